The van der Waals surface area contributed by atoms with Crippen molar-refractivity contribution in [2.24, 2.45) is 0 Å². The lowest BCUT2D eigenvalue weighted by molar-refractivity contribution is -0.127. The Morgan fingerprint density at radius 3 is 2.59 bits per heavy atom. The molecule has 2 heterocycles. The van der Waals surface area contributed by atoms with Crippen LogP contribution in [0.3, 0.4) is 0 Å². The highest BCUT2D eigenvalue weighted by molar-refractivity contribution is 7.18. The van der Waals surface area contributed by atoms with Crippen molar-refractivity contribution in [2.75, 3.05) is 11.9 Å². The van der Waals surface area contributed by atoms with Crippen LogP contribution < -0.4 is 14.8 Å². The van der Waals surface area contributed by atoms with Gasteiger partial charge in [-0.15, -0.1) is 11.3 Å². The van der Waals surface area contributed by atoms with E-state index in [-0.39, 0.29) is 17.2 Å². The van der Waals surface area contributed by atoms with E-state index in [2.05, 4.69) is 5.32 Å². The van der Waals surface area contributed by atoms with Gasteiger partial charge in [-0.1, -0.05) is 12.1 Å². The van der Waals surface area contributed by atoms with Crippen LogP contribution in [0.15, 0.2) is 24.3 Å². The molecule has 1 aliphatic rings. The summed E-state index contributed by atoms with van der Waals surface area (Å²) in [6.07, 6.45) is -1.41. The van der Waals surface area contributed by atoms with Gasteiger partial charge in [0.1, 0.15) is 22.1 Å². The highest BCUT2D eigenvalue weighted by Gasteiger charge is 2.35. The normalized spacial score (nSPS) is 17.7. The average molecular weight is 386 g/mol. The van der Waals surface area contributed by atoms with E-state index in [0.29, 0.717) is 21.9 Å². The third-order valence-electron chi connectivity index (χ3n) is 4.06. The zero-order valence-electron chi connectivity index (χ0n) is 15.1. The Morgan fingerprint density at radius 2 is 1.96 bits per heavy atom. The van der Waals surface area contributed by atoms with Gasteiger partial charge in [0.15, 0.2) is 11.5 Å². The van der Waals surface area contributed by atoms with Crippen LogP contribution in [0.2, 0.25) is 0 Å². The van der Waals surface area contributed by atoms with Crippen molar-refractivity contribution < 1.29 is 23.8 Å². The summed E-state index contributed by atoms with van der Waals surface area (Å²) in [6, 6.07) is 9.12. The Bertz CT molecular complexity index is 931. The molecule has 27 heavy (non-hydrogen) atoms. The number of anilines is 1. The summed E-state index contributed by atoms with van der Waals surface area (Å²) < 4.78 is 16.5. The summed E-state index contributed by atoms with van der Waals surface area (Å²) in [5.74, 6) is 0.0795. The molecule has 0 radical (unpaired) electrons. The molecule has 0 bridgehead atoms. The first kappa shape index (κ1) is 18.7. The minimum Gasteiger partial charge on any atom is -0.482 e. The summed E-state index contributed by atoms with van der Waals surface area (Å²) >= 11 is 1.01. The molecule has 0 saturated heterocycles. The summed E-state index contributed by atoms with van der Waals surface area (Å²) in [5, 5.41) is 12.4. The summed E-state index contributed by atoms with van der Waals surface area (Å²) in [5.41, 5.74) is 0.719. The monoisotopic (exact) mass is 386 g/mol. The fraction of sp³-hybridized carbons (Fsp3) is 0.316. The lowest BCUT2D eigenvalue weighted by atomic mass is 10.1. The molecular weight excluding hydrogens is 368 g/mol. The second kappa shape index (κ2) is 7.68. The number of esters is 1. The summed E-state index contributed by atoms with van der Waals surface area (Å²) in [6.45, 7) is 5.31. The van der Waals surface area contributed by atoms with E-state index in [4.69, 9.17) is 14.2 Å². The zero-order chi connectivity index (χ0) is 19.6. The molecule has 0 spiro atoms. The van der Waals surface area contributed by atoms with E-state index in [1.807, 2.05) is 12.1 Å². The molecule has 1 aromatic heterocycles. The topological polar surface area (TPSA) is 97.7 Å². The van der Waals surface area contributed by atoms with Crippen molar-refractivity contribution in [1.82, 2.24) is 0 Å². The van der Waals surface area contributed by atoms with Crippen molar-refractivity contribution in [3.63, 3.8) is 0 Å². The van der Waals surface area contributed by atoms with Crippen molar-refractivity contribution in [3.05, 3.63) is 40.3 Å². The van der Waals surface area contributed by atoms with E-state index in [1.165, 1.54) is 0 Å². The lowest BCUT2D eigenvalue weighted by Crippen LogP contribution is -2.46. The summed E-state index contributed by atoms with van der Waals surface area (Å²) in [4.78, 5) is 25.1. The number of ether oxygens (including phenoxy) is 3. The molecule has 2 aromatic rings. The quantitative estimate of drug-likeness (QED) is 0.810. The molecule has 3 rings (SSSR count). The molecule has 2 unspecified atom stereocenters. The van der Waals surface area contributed by atoms with Gasteiger partial charge < -0.3 is 19.5 Å². The first-order valence-electron chi connectivity index (χ1n) is 8.40. The number of fused-ring (bicyclic) bond motifs is 1. The summed E-state index contributed by atoms with van der Waals surface area (Å²) in [7, 11) is 0. The van der Waals surface area contributed by atoms with Crippen LogP contribution in [0.1, 0.15) is 34.6 Å². The molecule has 1 aliphatic heterocycles. The second-order valence-electron chi connectivity index (χ2n) is 5.89. The highest BCUT2D eigenvalue weighted by Crippen LogP contribution is 2.36. The molecule has 1 N–H and O–H groups in total. The maximum Gasteiger partial charge on any atom is 0.348 e. The largest absolute Gasteiger partial charge is 0.482 e. The smallest absolute Gasteiger partial charge is 0.348 e. The van der Waals surface area contributed by atoms with Gasteiger partial charge in [-0.3, -0.25) is 4.79 Å². The number of nitrogens with one attached hydrogen (secondary N) is 1. The van der Waals surface area contributed by atoms with E-state index in [1.54, 1.807) is 39.0 Å². The first-order chi connectivity index (χ1) is 13.0. The van der Waals surface area contributed by atoms with Crippen molar-refractivity contribution in [2.45, 2.75) is 33.0 Å². The molecule has 1 amide bonds. The minimum atomic E-state index is -0.889. The van der Waals surface area contributed by atoms with E-state index < -0.39 is 24.1 Å². The fourth-order valence-electron chi connectivity index (χ4n) is 2.72. The minimum absolute atomic E-state index is 0.226. The Kier molecular flexibility index (Phi) is 5.33. The van der Waals surface area contributed by atoms with Gasteiger partial charge in [0, 0.05) is 0 Å². The van der Waals surface area contributed by atoms with Gasteiger partial charge in [0.05, 0.1) is 12.2 Å². The van der Waals surface area contributed by atoms with Crippen molar-refractivity contribution in [1.29, 1.82) is 5.26 Å². The number of amides is 1. The number of carbonyl (C=O) groups excluding carboxylic acids is 2. The van der Waals surface area contributed by atoms with Crippen LogP contribution >= 0.6 is 11.3 Å². The highest BCUT2D eigenvalue weighted by atomic mass is 32.1. The maximum absolute atomic E-state index is 12.7. The third-order valence-corrected chi connectivity index (χ3v) is 5.24. The third kappa shape index (κ3) is 3.59. The SMILES string of the molecule is CCOC(=O)c1sc(NC(=O)C2Oc3ccccc3OC2C)c(C#N)c1C. The standard InChI is InChI=1S/C19H18N2O5S/c1-4-24-19(23)16-10(2)12(9-20)18(27-16)21-17(22)15-11(3)25-13-7-5-6-8-14(13)26-15/h5-8,11,15H,4H2,1-3H3,(H,21,22). The molecule has 1 aromatic carbocycles. The number of thiophene rings is 1. The number of rotatable bonds is 4. The Morgan fingerprint density at radius 1 is 1.30 bits per heavy atom. The molecule has 0 fully saturated rings. The number of para-hydroxylation sites is 2. The molecule has 140 valence electrons. The van der Waals surface area contributed by atoms with Crippen LogP contribution in [-0.2, 0) is 9.53 Å². The van der Waals surface area contributed by atoms with Crippen LogP contribution in [0.5, 0.6) is 11.5 Å². The fourth-order valence-corrected chi connectivity index (χ4v) is 3.77. The Labute approximate surface area is 160 Å². The second-order valence-corrected chi connectivity index (χ2v) is 6.91. The van der Waals surface area contributed by atoms with E-state index in [9.17, 15) is 14.9 Å². The number of hydrogen-bond donors (Lipinski definition) is 1. The molecular formula is C19H18N2O5S. The number of nitriles is 1. The van der Waals surface area contributed by atoms with Gasteiger partial charge in [0.2, 0.25) is 6.10 Å². The van der Waals surface area contributed by atoms with Gasteiger partial charge in [-0.2, -0.15) is 5.26 Å². The predicted octanol–water partition coefficient (Wildman–Crippen LogP) is 3.27. The van der Waals surface area contributed by atoms with Crippen LogP contribution in [0.25, 0.3) is 0 Å². The van der Waals surface area contributed by atoms with E-state index >= 15 is 0 Å². The van der Waals surface area contributed by atoms with Crippen LogP contribution in [0.4, 0.5) is 5.00 Å². The number of nitrogens with zero attached hydrogens (tertiary/aromatic N) is 1. The molecule has 2 atom stereocenters. The molecule has 8 heteroatoms. The van der Waals surface area contributed by atoms with Gasteiger partial charge >= 0.3 is 5.97 Å². The maximum atomic E-state index is 12.7. The molecule has 0 aliphatic carbocycles. The molecule has 7 nitrogen and oxygen atoms in total. The number of hydrogen-bond acceptors (Lipinski definition) is 7. The van der Waals surface area contributed by atoms with Crippen LogP contribution in [-0.4, -0.2) is 30.7 Å². The predicted molar refractivity (Wildman–Crippen MR) is 99.3 cm³/mol. The Hall–Kier alpha value is -3.05. The number of benzene rings is 1. The zero-order valence-corrected chi connectivity index (χ0v) is 15.9. The Balaban J connectivity index is 1.83. The number of carbonyl (C=O) groups is 2. The van der Waals surface area contributed by atoms with Gasteiger partial charge in [-0.05, 0) is 38.5 Å². The van der Waals surface area contributed by atoms with Crippen LogP contribution in [0, 0.1) is 18.3 Å². The average Bonchev–Trinajstić information content (AvgIpc) is 2.96. The van der Waals surface area contributed by atoms with E-state index in [0.717, 1.165) is 11.3 Å². The molecule has 0 saturated carbocycles. The lowest BCUT2D eigenvalue weighted by Gasteiger charge is -2.30. The van der Waals surface area contributed by atoms with Gasteiger partial charge in [-0.25, -0.2) is 4.79 Å². The first-order valence-corrected chi connectivity index (χ1v) is 9.21. The van der Waals surface area contributed by atoms with Gasteiger partial charge in [0.25, 0.3) is 5.91 Å². The van der Waals surface area contributed by atoms with Crippen molar-refractivity contribution in [3.8, 4) is 17.6 Å². The van der Waals surface area contributed by atoms with Crippen molar-refractivity contribution >= 4 is 28.2 Å².